The molecule has 2 fully saturated rings. The molecular weight excluding hydrogens is 1150 g/mol. The largest absolute Gasteiger partial charge is 0.497 e. The Bertz CT molecular complexity index is 2500. The minimum atomic E-state index is -0.485. The van der Waals surface area contributed by atoms with Crippen molar-refractivity contribution in [2.45, 2.75) is 81.1 Å². The molecule has 6 rings (SSSR count). The van der Waals surface area contributed by atoms with Gasteiger partial charge in [0.2, 0.25) is 11.8 Å². The van der Waals surface area contributed by atoms with E-state index in [9.17, 15) is 24.0 Å². The SMILES string of the molecule is COc1ccc(C2=CSC(NC(=O)c3ccc(OCC(=O)N4CCOCC4)c(NC(=O)CCCCc4cn(CCOCCOCCOCCOCCOCCOCCOCCNC(=O)CCCC[C@@H]5SCCC5NC(N)=O)nn4)c3)N2)c(Cl)c1. The molecular formula is C56H83ClN10O15S2. The smallest absolute Gasteiger partial charge is 0.312 e. The first-order valence-corrected chi connectivity index (χ1v) is 31.0. The Hall–Kier alpha value is -5.46. The summed E-state index contributed by atoms with van der Waals surface area (Å²) in [6.07, 6.45) is 8.04. The fourth-order valence-corrected chi connectivity index (χ4v) is 11.3. The van der Waals surface area contributed by atoms with Crippen molar-refractivity contribution in [1.29, 1.82) is 0 Å². The predicted molar refractivity (Wildman–Crippen MR) is 318 cm³/mol. The molecule has 3 aliphatic heterocycles. The highest BCUT2D eigenvalue weighted by Gasteiger charge is 2.28. The van der Waals surface area contributed by atoms with Crippen molar-refractivity contribution >= 4 is 76.2 Å². The number of anilines is 1. The number of nitrogens with two attached hydrogens (primary N) is 1. The maximum Gasteiger partial charge on any atom is 0.312 e. The Kier molecular flexibility index (Phi) is 32.2. The number of hydrogen-bond donors (Lipinski definition) is 6. The molecule has 3 atom stereocenters. The summed E-state index contributed by atoms with van der Waals surface area (Å²) in [5, 5.41) is 26.1. The van der Waals surface area contributed by atoms with E-state index >= 15 is 0 Å². The van der Waals surface area contributed by atoms with Crippen molar-refractivity contribution in [2.75, 3.05) is 150 Å². The quantitative estimate of drug-likeness (QED) is 0.0433. The summed E-state index contributed by atoms with van der Waals surface area (Å²) >= 11 is 9.72. The van der Waals surface area contributed by atoms with Crippen LogP contribution in [0.25, 0.3) is 5.70 Å². The Morgan fingerprint density at radius 2 is 1.44 bits per heavy atom. The number of benzene rings is 2. The number of amides is 6. The zero-order chi connectivity index (χ0) is 59.4. The molecule has 1 aromatic heterocycles. The standard InChI is InChI=1S/C56H83ClN10O15S2/c1-73-43-11-12-44(45(57)37-43)48-40-84-56(62-48)63-54(71)41-10-13-49(82-39-53(70)66-16-20-75-21-17-66)47(36-41)60-52(69)9-4-2-6-42-38-67(65-64-42)18-22-76-24-26-78-28-30-80-32-34-81-33-31-79-29-27-77-25-23-74-19-15-59-51(68)8-5-3-7-50-46(14-35-83-50)61-55(58)72/h10-13,36-38,40,46,50,56,62H,2-9,14-35,39H2,1H3,(H,59,68)(H,60,69)(H,63,71)(H3,58,61,72)/t46?,50-,56?/m0/s1. The minimum absolute atomic E-state index is 0.0135. The third kappa shape index (κ3) is 26.4. The molecule has 466 valence electrons. The summed E-state index contributed by atoms with van der Waals surface area (Å²) in [5.74, 6) is 1.05. The van der Waals surface area contributed by atoms with Gasteiger partial charge in [-0.05, 0) is 86.1 Å². The number of nitrogens with one attached hydrogen (secondary N) is 5. The molecule has 0 saturated carbocycles. The molecule has 28 heteroatoms. The monoisotopic (exact) mass is 1230 g/mol. The van der Waals surface area contributed by atoms with Crippen LogP contribution in [0.15, 0.2) is 48.0 Å². The Morgan fingerprint density at radius 1 is 0.786 bits per heavy atom. The molecule has 0 spiro atoms. The van der Waals surface area contributed by atoms with Crippen LogP contribution in [0.2, 0.25) is 5.02 Å². The average molecular weight is 1240 g/mol. The van der Waals surface area contributed by atoms with Gasteiger partial charge in [-0.15, -0.1) is 5.10 Å². The second kappa shape index (κ2) is 40.0. The number of carbonyl (C=O) groups is 5. The summed E-state index contributed by atoms with van der Waals surface area (Å²) in [7, 11) is 1.57. The molecule has 3 aliphatic rings. The summed E-state index contributed by atoms with van der Waals surface area (Å²) in [5.41, 5.74) is 7.65. The number of aromatic nitrogens is 3. The molecule has 25 nitrogen and oxygen atoms in total. The number of unbranched alkanes of at least 4 members (excludes halogenated alkanes) is 2. The minimum Gasteiger partial charge on any atom is -0.497 e. The van der Waals surface area contributed by atoms with Crippen LogP contribution in [0.4, 0.5) is 10.5 Å². The van der Waals surface area contributed by atoms with E-state index in [-0.39, 0.29) is 59.7 Å². The second-order valence-corrected chi connectivity index (χ2v) is 22.2. The Balaban J connectivity index is 0.718. The lowest BCUT2D eigenvalue weighted by atomic mass is 10.0. The van der Waals surface area contributed by atoms with E-state index < -0.39 is 11.5 Å². The first-order valence-electron chi connectivity index (χ1n) is 28.6. The number of aryl methyl sites for hydroxylation is 1. The van der Waals surface area contributed by atoms with Gasteiger partial charge >= 0.3 is 6.03 Å². The number of ether oxygens (including phenoxy) is 10. The van der Waals surface area contributed by atoms with Crippen LogP contribution < -0.4 is 41.8 Å². The fraction of sp³-hybridized carbons (Fsp3) is 0.625. The van der Waals surface area contributed by atoms with E-state index in [2.05, 4.69) is 36.9 Å². The van der Waals surface area contributed by atoms with E-state index in [1.54, 1.807) is 47.0 Å². The Morgan fingerprint density at radius 3 is 2.11 bits per heavy atom. The van der Waals surface area contributed by atoms with Crippen LogP contribution in [-0.4, -0.2) is 211 Å². The number of carbonyl (C=O) groups excluding carboxylic acids is 5. The van der Waals surface area contributed by atoms with Gasteiger partial charge in [0.1, 0.15) is 11.5 Å². The van der Waals surface area contributed by atoms with Crippen molar-refractivity contribution in [3.63, 3.8) is 0 Å². The van der Waals surface area contributed by atoms with Gasteiger partial charge in [0.05, 0.1) is 141 Å². The van der Waals surface area contributed by atoms with Crippen LogP contribution in [0, 0.1) is 0 Å². The van der Waals surface area contributed by atoms with E-state index in [4.69, 9.17) is 64.7 Å². The lowest BCUT2D eigenvalue weighted by Crippen LogP contribution is -2.43. The molecule has 0 bridgehead atoms. The van der Waals surface area contributed by atoms with Gasteiger partial charge in [-0.1, -0.05) is 35.0 Å². The molecule has 84 heavy (non-hydrogen) atoms. The number of morpholine rings is 1. The molecule has 7 N–H and O–H groups in total. The maximum atomic E-state index is 13.5. The number of halogens is 1. The van der Waals surface area contributed by atoms with E-state index in [0.29, 0.717) is 174 Å². The maximum absolute atomic E-state index is 13.5. The topological polar surface area (TPSA) is 298 Å². The molecule has 6 amide bonds. The van der Waals surface area contributed by atoms with E-state index in [1.807, 2.05) is 29.4 Å². The van der Waals surface area contributed by atoms with Gasteiger partial charge in [-0.3, -0.25) is 19.2 Å². The van der Waals surface area contributed by atoms with Crippen molar-refractivity contribution in [3.05, 3.63) is 69.8 Å². The lowest BCUT2D eigenvalue weighted by molar-refractivity contribution is -0.137. The van der Waals surface area contributed by atoms with Crippen molar-refractivity contribution in [3.8, 4) is 11.5 Å². The number of thioether (sulfide) groups is 2. The zero-order valence-electron chi connectivity index (χ0n) is 48.0. The number of urea groups is 1. The lowest BCUT2D eigenvalue weighted by Gasteiger charge is -2.26. The summed E-state index contributed by atoms with van der Waals surface area (Å²) in [6.45, 7) is 8.70. The van der Waals surface area contributed by atoms with Gasteiger partial charge < -0.3 is 84.6 Å². The average Bonchev–Trinajstić information content (AvgIpc) is 4.40. The number of rotatable bonds is 43. The van der Waals surface area contributed by atoms with E-state index in [1.165, 1.54) is 11.8 Å². The van der Waals surface area contributed by atoms with E-state index in [0.717, 1.165) is 48.4 Å². The van der Waals surface area contributed by atoms with Crippen LogP contribution in [0.3, 0.4) is 0 Å². The summed E-state index contributed by atoms with van der Waals surface area (Å²) < 4.78 is 57.3. The second-order valence-electron chi connectivity index (χ2n) is 19.4. The van der Waals surface area contributed by atoms with Gasteiger partial charge in [-0.25, -0.2) is 9.48 Å². The van der Waals surface area contributed by atoms with Gasteiger partial charge in [0.15, 0.2) is 12.1 Å². The highest BCUT2D eigenvalue weighted by Crippen LogP contribution is 2.34. The number of primary amides is 1. The van der Waals surface area contributed by atoms with Crippen molar-refractivity contribution in [1.82, 2.24) is 41.2 Å². The molecule has 2 aromatic carbocycles. The molecule has 2 unspecified atom stereocenters. The predicted octanol–water partition coefficient (Wildman–Crippen LogP) is 4.21. The molecule has 0 aliphatic carbocycles. The third-order valence-corrected chi connectivity index (χ3v) is 15.8. The summed E-state index contributed by atoms with van der Waals surface area (Å²) in [6, 6.07) is 9.72. The normalized spacial score (nSPS) is 16.7. The van der Waals surface area contributed by atoms with Crippen LogP contribution >= 0.6 is 35.1 Å². The summed E-state index contributed by atoms with van der Waals surface area (Å²) in [4.78, 5) is 64.7. The Labute approximate surface area is 504 Å². The first-order chi connectivity index (χ1) is 41.0. The zero-order valence-corrected chi connectivity index (χ0v) is 50.3. The fourth-order valence-electron chi connectivity index (χ4n) is 8.75. The first kappa shape index (κ1) is 67.7. The molecule has 4 heterocycles. The highest BCUT2D eigenvalue weighted by molar-refractivity contribution is 8.03. The van der Waals surface area contributed by atoms with Crippen LogP contribution in [-0.2, 0) is 65.2 Å². The van der Waals surface area contributed by atoms with Crippen LogP contribution in [0.1, 0.15) is 73.0 Å². The van der Waals surface area contributed by atoms with Gasteiger partial charge in [0.25, 0.3) is 11.8 Å². The molecule has 2 saturated heterocycles. The van der Waals surface area contributed by atoms with Crippen molar-refractivity contribution in [2.24, 2.45) is 5.73 Å². The number of methoxy groups -OCH3 is 1. The molecule has 0 radical (unpaired) electrons. The van der Waals surface area contributed by atoms with Crippen molar-refractivity contribution < 1.29 is 71.3 Å². The highest BCUT2D eigenvalue weighted by atomic mass is 35.5. The third-order valence-electron chi connectivity index (χ3n) is 13.2. The molecule has 3 aromatic rings. The van der Waals surface area contributed by atoms with Gasteiger partial charge in [0, 0.05) is 61.1 Å². The number of hydrogen-bond acceptors (Lipinski definition) is 20. The van der Waals surface area contributed by atoms with Gasteiger partial charge in [-0.2, -0.15) is 11.8 Å². The number of nitrogens with zero attached hydrogens (tertiary/aromatic N) is 4. The van der Waals surface area contributed by atoms with Crippen LogP contribution in [0.5, 0.6) is 11.5 Å².